The van der Waals surface area contributed by atoms with Crippen LogP contribution in [-0.2, 0) is 6.61 Å². The van der Waals surface area contributed by atoms with E-state index in [1.807, 2.05) is 26.0 Å². The molecule has 0 saturated carbocycles. The van der Waals surface area contributed by atoms with E-state index >= 15 is 0 Å². The number of benzene rings is 1. The van der Waals surface area contributed by atoms with Crippen molar-refractivity contribution in [3.8, 4) is 0 Å². The van der Waals surface area contributed by atoms with Gasteiger partial charge in [-0.1, -0.05) is 6.07 Å². The van der Waals surface area contributed by atoms with Gasteiger partial charge in [0.2, 0.25) is 0 Å². The lowest BCUT2D eigenvalue weighted by Gasteiger charge is -2.07. The number of nitrogen functional groups attached to an aromatic ring is 1. The number of hydrogen-bond donors (Lipinski definition) is 2. The number of nitrogens with two attached hydrogens (primary N) is 1. The van der Waals surface area contributed by atoms with Crippen molar-refractivity contribution in [1.29, 1.82) is 0 Å². The van der Waals surface area contributed by atoms with E-state index in [1.165, 1.54) is 0 Å². The lowest BCUT2D eigenvalue weighted by atomic mass is 10.0. The second kappa shape index (κ2) is 2.93. The highest BCUT2D eigenvalue weighted by Crippen LogP contribution is 2.18. The summed E-state index contributed by atoms with van der Waals surface area (Å²) in [6, 6.07) is 3.89. The van der Waals surface area contributed by atoms with Gasteiger partial charge in [-0.05, 0) is 31.0 Å². The standard InChI is InChI=1S/C9H13NO/c1-6-3-7(2)8(5-11)9(10)4-6/h3-4,11H,5,10H2,1-2H3. The number of aliphatic hydroxyl groups excluding tert-OH is 1. The Kier molecular flexibility index (Phi) is 2.15. The zero-order valence-electron chi connectivity index (χ0n) is 6.89. The van der Waals surface area contributed by atoms with E-state index < -0.39 is 0 Å². The van der Waals surface area contributed by atoms with Crippen LogP contribution in [0, 0.1) is 13.8 Å². The van der Waals surface area contributed by atoms with Crippen LogP contribution in [0.5, 0.6) is 0 Å². The van der Waals surface area contributed by atoms with Gasteiger partial charge in [0.1, 0.15) is 0 Å². The third kappa shape index (κ3) is 1.52. The van der Waals surface area contributed by atoms with Crippen LogP contribution in [0.2, 0.25) is 0 Å². The predicted octanol–water partition coefficient (Wildman–Crippen LogP) is 1.38. The van der Waals surface area contributed by atoms with E-state index in [2.05, 4.69) is 0 Å². The molecule has 1 aromatic rings. The second-order valence-electron chi connectivity index (χ2n) is 2.81. The summed E-state index contributed by atoms with van der Waals surface area (Å²) in [4.78, 5) is 0. The fourth-order valence-corrected chi connectivity index (χ4v) is 1.25. The molecular formula is C9H13NO. The van der Waals surface area contributed by atoms with Crippen molar-refractivity contribution in [2.75, 3.05) is 5.73 Å². The summed E-state index contributed by atoms with van der Waals surface area (Å²) in [7, 11) is 0. The van der Waals surface area contributed by atoms with E-state index in [0.29, 0.717) is 5.69 Å². The maximum atomic E-state index is 8.91. The van der Waals surface area contributed by atoms with Crippen molar-refractivity contribution < 1.29 is 5.11 Å². The second-order valence-corrected chi connectivity index (χ2v) is 2.81. The van der Waals surface area contributed by atoms with Gasteiger partial charge >= 0.3 is 0 Å². The third-order valence-electron chi connectivity index (χ3n) is 1.81. The van der Waals surface area contributed by atoms with Crippen LogP contribution in [0.4, 0.5) is 5.69 Å². The first-order valence-electron chi connectivity index (χ1n) is 3.61. The van der Waals surface area contributed by atoms with Crippen LogP contribution in [0.15, 0.2) is 12.1 Å². The summed E-state index contributed by atoms with van der Waals surface area (Å²) >= 11 is 0. The van der Waals surface area contributed by atoms with E-state index in [9.17, 15) is 0 Å². The van der Waals surface area contributed by atoms with Crippen molar-refractivity contribution in [2.24, 2.45) is 0 Å². The summed E-state index contributed by atoms with van der Waals surface area (Å²) in [6.45, 7) is 3.97. The molecule has 11 heavy (non-hydrogen) atoms. The highest BCUT2D eigenvalue weighted by atomic mass is 16.3. The van der Waals surface area contributed by atoms with Crippen molar-refractivity contribution >= 4 is 5.69 Å². The minimum absolute atomic E-state index is 0.0257. The average molecular weight is 151 g/mol. The molecule has 0 radical (unpaired) electrons. The van der Waals surface area contributed by atoms with E-state index in [4.69, 9.17) is 10.8 Å². The topological polar surface area (TPSA) is 46.2 Å². The van der Waals surface area contributed by atoms with Crippen LogP contribution in [0.25, 0.3) is 0 Å². The Labute approximate surface area is 66.7 Å². The van der Waals surface area contributed by atoms with Gasteiger partial charge in [0, 0.05) is 11.3 Å². The van der Waals surface area contributed by atoms with Crippen LogP contribution in [0.3, 0.4) is 0 Å². The molecular weight excluding hydrogens is 138 g/mol. The number of rotatable bonds is 1. The van der Waals surface area contributed by atoms with Crippen LogP contribution in [0.1, 0.15) is 16.7 Å². The van der Waals surface area contributed by atoms with Gasteiger partial charge < -0.3 is 10.8 Å². The third-order valence-corrected chi connectivity index (χ3v) is 1.81. The molecule has 0 amide bonds. The molecule has 2 nitrogen and oxygen atoms in total. The molecule has 0 aromatic heterocycles. The number of hydrogen-bond acceptors (Lipinski definition) is 2. The van der Waals surface area contributed by atoms with Gasteiger partial charge in [0.05, 0.1) is 6.61 Å². The molecule has 0 fully saturated rings. The predicted molar refractivity (Wildman–Crippen MR) is 46.3 cm³/mol. The molecule has 60 valence electrons. The van der Waals surface area contributed by atoms with Crippen molar-refractivity contribution in [2.45, 2.75) is 20.5 Å². The molecule has 0 spiro atoms. The minimum Gasteiger partial charge on any atom is -0.398 e. The van der Waals surface area contributed by atoms with Crippen molar-refractivity contribution in [3.63, 3.8) is 0 Å². The Bertz CT molecular complexity index is 245. The van der Waals surface area contributed by atoms with Crippen molar-refractivity contribution in [1.82, 2.24) is 0 Å². The summed E-state index contributed by atoms with van der Waals surface area (Å²) in [6.07, 6.45) is 0. The SMILES string of the molecule is Cc1cc(C)c(CO)c(N)c1. The smallest absolute Gasteiger partial charge is 0.0704 e. The molecule has 0 atom stereocenters. The summed E-state index contributed by atoms with van der Waals surface area (Å²) in [5.41, 5.74) is 9.40. The zero-order chi connectivity index (χ0) is 8.43. The van der Waals surface area contributed by atoms with Crippen LogP contribution >= 0.6 is 0 Å². The summed E-state index contributed by atoms with van der Waals surface area (Å²) in [5, 5.41) is 8.91. The maximum Gasteiger partial charge on any atom is 0.0704 e. The zero-order valence-corrected chi connectivity index (χ0v) is 6.89. The normalized spacial score (nSPS) is 10.1. The first kappa shape index (κ1) is 8.08. The molecule has 0 aliphatic heterocycles. The highest BCUT2D eigenvalue weighted by molar-refractivity contribution is 5.52. The first-order valence-corrected chi connectivity index (χ1v) is 3.61. The van der Waals surface area contributed by atoms with Crippen LogP contribution in [-0.4, -0.2) is 5.11 Å². The van der Waals surface area contributed by atoms with Gasteiger partial charge in [-0.15, -0.1) is 0 Å². The summed E-state index contributed by atoms with van der Waals surface area (Å²) < 4.78 is 0. The Hall–Kier alpha value is -1.02. The largest absolute Gasteiger partial charge is 0.398 e. The van der Waals surface area contributed by atoms with Gasteiger partial charge in [-0.25, -0.2) is 0 Å². The highest BCUT2D eigenvalue weighted by Gasteiger charge is 2.01. The van der Waals surface area contributed by atoms with E-state index in [0.717, 1.165) is 16.7 Å². The molecule has 0 heterocycles. The molecule has 0 bridgehead atoms. The van der Waals surface area contributed by atoms with Gasteiger partial charge in [-0.3, -0.25) is 0 Å². The Balaban J connectivity index is 3.25. The molecule has 0 aliphatic rings. The van der Waals surface area contributed by atoms with E-state index in [1.54, 1.807) is 0 Å². The molecule has 3 N–H and O–H groups in total. The Morgan fingerprint density at radius 3 is 2.45 bits per heavy atom. The quantitative estimate of drug-likeness (QED) is 0.595. The Morgan fingerprint density at radius 1 is 1.36 bits per heavy atom. The van der Waals surface area contributed by atoms with Gasteiger partial charge in [0.25, 0.3) is 0 Å². The van der Waals surface area contributed by atoms with E-state index in [-0.39, 0.29) is 6.61 Å². The fourth-order valence-electron chi connectivity index (χ4n) is 1.25. The number of aliphatic hydroxyl groups is 1. The minimum atomic E-state index is 0.0257. The lowest BCUT2D eigenvalue weighted by Crippen LogP contribution is -1.97. The maximum absolute atomic E-state index is 8.91. The van der Waals surface area contributed by atoms with Gasteiger partial charge in [-0.2, -0.15) is 0 Å². The molecule has 1 rings (SSSR count). The number of aryl methyl sites for hydroxylation is 2. The van der Waals surface area contributed by atoms with Gasteiger partial charge in [0.15, 0.2) is 0 Å². The molecule has 0 unspecified atom stereocenters. The monoisotopic (exact) mass is 151 g/mol. The average Bonchev–Trinajstić information content (AvgIpc) is 1.85. The van der Waals surface area contributed by atoms with Crippen molar-refractivity contribution in [3.05, 3.63) is 28.8 Å². The molecule has 1 aromatic carbocycles. The van der Waals surface area contributed by atoms with Crippen LogP contribution < -0.4 is 5.73 Å². The first-order chi connectivity index (χ1) is 5.15. The Morgan fingerprint density at radius 2 is 2.00 bits per heavy atom. The fraction of sp³-hybridized carbons (Fsp3) is 0.333. The molecule has 0 aliphatic carbocycles. The lowest BCUT2D eigenvalue weighted by molar-refractivity contribution is 0.282. The number of anilines is 1. The molecule has 0 saturated heterocycles. The molecule has 2 heteroatoms. The summed E-state index contributed by atoms with van der Waals surface area (Å²) in [5.74, 6) is 0.